The lowest BCUT2D eigenvalue weighted by Crippen LogP contribution is -2.54. The lowest BCUT2D eigenvalue weighted by molar-refractivity contribution is -0.128. The lowest BCUT2D eigenvalue weighted by atomic mass is 9.87. The second-order valence-corrected chi connectivity index (χ2v) is 5.00. The third kappa shape index (κ3) is 1.89. The normalized spacial score (nSPS) is 23.2. The number of piperidine rings is 1. The maximum atomic E-state index is 12.2. The summed E-state index contributed by atoms with van der Waals surface area (Å²) in [6.45, 7) is 3.26. The van der Waals surface area contributed by atoms with E-state index >= 15 is 0 Å². The molecule has 5 heteroatoms. The van der Waals surface area contributed by atoms with Crippen LogP contribution in [0.4, 0.5) is 0 Å². The molecule has 0 radical (unpaired) electrons. The van der Waals surface area contributed by atoms with Crippen LogP contribution in [0.2, 0.25) is 0 Å². The van der Waals surface area contributed by atoms with Crippen LogP contribution in [0.1, 0.15) is 18.4 Å². The Kier molecular flexibility index (Phi) is 3.01. The minimum atomic E-state index is -0.304. The van der Waals surface area contributed by atoms with Gasteiger partial charge in [-0.3, -0.25) is 14.7 Å². The molecule has 0 unspecified atom stereocenters. The monoisotopic (exact) mass is 246 g/mol. The highest BCUT2D eigenvalue weighted by molar-refractivity contribution is 5.88. The van der Waals surface area contributed by atoms with Gasteiger partial charge in [0.2, 0.25) is 5.91 Å². The molecule has 0 atom stereocenters. The predicted octanol–water partition coefficient (Wildman–Crippen LogP) is 0.0931. The number of carbonyl (C=O) groups is 1. The van der Waals surface area contributed by atoms with Gasteiger partial charge in [0.15, 0.2) is 0 Å². The average molecular weight is 246 g/mol. The molecule has 1 aromatic rings. The van der Waals surface area contributed by atoms with Gasteiger partial charge in [-0.2, -0.15) is 0 Å². The van der Waals surface area contributed by atoms with Crippen LogP contribution in [0.5, 0.6) is 0 Å². The van der Waals surface area contributed by atoms with Crippen molar-refractivity contribution in [3.8, 4) is 0 Å². The summed E-state index contributed by atoms with van der Waals surface area (Å²) < 4.78 is 0. The standard InChI is InChI=1S/C13H18N4O/c18-12-13(3-6-14-7-4-13)17(10-16-12)9-11-2-1-5-15-8-11/h1-2,5,8,14H,3-4,6-7,9-10H2,(H,16,18). The van der Waals surface area contributed by atoms with E-state index in [1.165, 1.54) is 0 Å². The number of nitrogens with one attached hydrogen (secondary N) is 2. The molecule has 96 valence electrons. The smallest absolute Gasteiger partial charge is 0.241 e. The van der Waals surface area contributed by atoms with Crippen LogP contribution in [0.3, 0.4) is 0 Å². The first-order chi connectivity index (χ1) is 8.81. The molecule has 0 aromatic carbocycles. The number of nitrogens with zero attached hydrogens (tertiary/aromatic N) is 2. The van der Waals surface area contributed by atoms with Crippen molar-refractivity contribution in [2.24, 2.45) is 0 Å². The fraction of sp³-hybridized carbons (Fsp3) is 0.538. The number of hydrogen-bond donors (Lipinski definition) is 2. The maximum absolute atomic E-state index is 12.2. The molecule has 2 fully saturated rings. The number of carbonyl (C=O) groups excluding carboxylic acids is 1. The Morgan fingerprint density at radius 3 is 2.94 bits per heavy atom. The molecule has 2 aliphatic heterocycles. The van der Waals surface area contributed by atoms with Crippen LogP contribution in [-0.4, -0.2) is 41.1 Å². The van der Waals surface area contributed by atoms with Gasteiger partial charge >= 0.3 is 0 Å². The Morgan fingerprint density at radius 2 is 2.22 bits per heavy atom. The van der Waals surface area contributed by atoms with Gasteiger partial charge in [0.25, 0.3) is 0 Å². The molecule has 0 bridgehead atoms. The predicted molar refractivity (Wildman–Crippen MR) is 67.6 cm³/mol. The number of amides is 1. The summed E-state index contributed by atoms with van der Waals surface area (Å²) in [6.07, 6.45) is 5.42. The number of hydrogen-bond acceptors (Lipinski definition) is 4. The number of rotatable bonds is 2. The van der Waals surface area contributed by atoms with Crippen LogP contribution >= 0.6 is 0 Å². The quantitative estimate of drug-likeness (QED) is 0.776. The Hall–Kier alpha value is -1.46. The van der Waals surface area contributed by atoms with E-state index in [0.29, 0.717) is 6.67 Å². The Labute approximate surface area is 107 Å². The molecule has 2 aliphatic rings. The van der Waals surface area contributed by atoms with Crippen LogP contribution < -0.4 is 10.6 Å². The van der Waals surface area contributed by atoms with E-state index in [2.05, 4.69) is 26.6 Å². The van der Waals surface area contributed by atoms with Crippen molar-refractivity contribution in [3.05, 3.63) is 30.1 Å². The van der Waals surface area contributed by atoms with Gasteiger partial charge in [0.1, 0.15) is 5.54 Å². The second kappa shape index (κ2) is 4.66. The van der Waals surface area contributed by atoms with E-state index in [1.54, 1.807) is 6.20 Å². The van der Waals surface area contributed by atoms with Gasteiger partial charge in [-0.05, 0) is 37.6 Å². The van der Waals surface area contributed by atoms with Crippen molar-refractivity contribution in [1.82, 2.24) is 20.5 Å². The van der Waals surface area contributed by atoms with E-state index in [0.717, 1.165) is 38.0 Å². The molecule has 1 aromatic heterocycles. The van der Waals surface area contributed by atoms with Crippen LogP contribution in [0, 0.1) is 0 Å². The third-order valence-electron chi connectivity index (χ3n) is 3.99. The molecular weight excluding hydrogens is 228 g/mol. The number of aromatic nitrogens is 1. The van der Waals surface area contributed by atoms with Gasteiger partial charge in [-0.1, -0.05) is 6.07 Å². The van der Waals surface area contributed by atoms with Gasteiger partial charge in [0, 0.05) is 18.9 Å². The topological polar surface area (TPSA) is 57.3 Å². The van der Waals surface area contributed by atoms with Crippen molar-refractivity contribution in [3.63, 3.8) is 0 Å². The first-order valence-electron chi connectivity index (χ1n) is 6.44. The Bertz CT molecular complexity index is 428. The zero-order valence-electron chi connectivity index (χ0n) is 10.4. The van der Waals surface area contributed by atoms with E-state index in [9.17, 15) is 4.79 Å². The largest absolute Gasteiger partial charge is 0.342 e. The summed E-state index contributed by atoms with van der Waals surface area (Å²) in [5.41, 5.74) is 0.855. The first kappa shape index (κ1) is 11.6. The highest BCUT2D eigenvalue weighted by atomic mass is 16.2. The molecule has 0 aliphatic carbocycles. The summed E-state index contributed by atoms with van der Waals surface area (Å²) in [7, 11) is 0. The summed E-state index contributed by atoms with van der Waals surface area (Å²) in [5.74, 6) is 0.188. The molecular formula is C13H18N4O. The summed E-state index contributed by atoms with van der Waals surface area (Å²) in [4.78, 5) is 18.5. The lowest BCUT2D eigenvalue weighted by Gasteiger charge is -2.38. The van der Waals surface area contributed by atoms with Crippen molar-refractivity contribution in [2.75, 3.05) is 19.8 Å². The summed E-state index contributed by atoms with van der Waals surface area (Å²) in [6, 6.07) is 4.00. The highest BCUT2D eigenvalue weighted by Gasteiger charge is 2.48. The van der Waals surface area contributed by atoms with Gasteiger partial charge < -0.3 is 10.6 Å². The SMILES string of the molecule is O=C1NCN(Cc2cccnc2)C12CCNCC2. The molecule has 2 saturated heterocycles. The zero-order valence-corrected chi connectivity index (χ0v) is 10.4. The maximum Gasteiger partial charge on any atom is 0.241 e. The van der Waals surface area contributed by atoms with E-state index in [1.807, 2.05) is 12.3 Å². The number of pyridine rings is 1. The molecule has 0 saturated carbocycles. The molecule has 3 heterocycles. The second-order valence-electron chi connectivity index (χ2n) is 5.00. The van der Waals surface area contributed by atoms with Gasteiger partial charge in [-0.15, -0.1) is 0 Å². The van der Waals surface area contributed by atoms with Gasteiger partial charge in [0.05, 0.1) is 6.67 Å². The van der Waals surface area contributed by atoms with Gasteiger partial charge in [-0.25, -0.2) is 0 Å². The van der Waals surface area contributed by atoms with E-state index < -0.39 is 0 Å². The summed E-state index contributed by atoms with van der Waals surface area (Å²) in [5, 5.41) is 6.31. The van der Waals surface area contributed by atoms with Crippen molar-refractivity contribution >= 4 is 5.91 Å². The summed E-state index contributed by atoms with van der Waals surface area (Å²) >= 11 is 0. The first-order valence-corrected chi connectivity index (χ1v) is 6.44. The van der Waals surface area contributed by atoms with Crippen molar-refractivity contribution < 1.29 is 4.79 Å². The molecule has 5 nitrogen and oxygen atoms in total. The zero-order chi connectivity index (χ0) is 12.4. The molecule has 3 rings (SSSR count). The Morgan fingerprint density at radius 1 is 1.39 bits per heavy atom. The minimum Gasteiger partial charge on any atom is -0.342 e. The third-order valence-corrected chi connectivity index (χ3v) is 3.99. The minimum absolute atomic E-state index is 0.188. The van der Waals surface area contributed by atoms with Crippen LogP contribution in [0.25, 0.3) is 0 Å². The van der Waals surface area contributed by atoms with Crippen molar-refractivity contribution in [2.45, 2.75) is 24.9 Å². The van der Waals surface area contributed by atoms with Crippen molar-refractivity contribution in [1.29, 1.82) is 0 Å². The molecule has 1 spiro atoms. The van der Waals surface area contributed by atoms with Crippen LogP contribution in [0.15, 0.2) is 24.5 Å². The molecule has 2 N–H and O–H groups in total. The molecule has 1 amide bonds. The van der Waals surface area contributed by atoms with Crippen LogP contribution in [-0.2, 0) is 11.3 Å². The molecule has 18 heavy (non-hydrogen) atoms. The van der Waals surface area contributed by atoms with E-state index in [-0.39, 0.29) is 11.4 Å². The van der Waals surface area contributed by atoms with E-state index in [4.69, 9.17) is 0 Å². The fourth-order valence-electron chi connectivity index (χ4n) is 2.93. The average Bonchev–Trinajstić information content (AvgIpc) is 2.70. The highest BCUT2D eigenvalue weighted by Crippen LogP contribution is 2.31. The Balaban J connectivity index is 1.80. The fourth-order valence-corrected chi connectivity index (χ4v) is 2.93.